The third kappa shape index (κ3) is 4.72. The van der Waals surface area contributed by atoms with Crippen LogP contribution in [0, 0.1) is 0 Å². The topological polar surface area (TPSA) is 75.6 Å². The molecule has 126 valence electrons. The summed E-state index contributed by atoms with van der Waals surface area (Å²) >= 11 is 9.38. The summed E-state index contributed by atoms with van der Waals surface area (Å²) in [6, 6.07) is 10.1. The molecule has 5 nitrogen and oxygen atoms in total. The minimum atomic E-state index is -0.869. The van der Waals surface area contributed by atoms with Crippen molar-refractivity contribution in [1.82, 2.24) is 5.32 Å². The van der Waals surface area contributed by atoms with Crippen molar-refractivity contribution in [3.63, 3.8) is 0 Å². The van der Waals surface area contributed by atoms with Crippen molar-refractivity contribution in [2.45, 2.75) is 12.5 Å². The Morgan fingerprint density at radius 3 is 2.54 bits per heavy atom. The van der Waals surface area contributed by atoms with Gasteiger partial charge in [-0.25, -0.2) is 4.79 Å². The SMILES string of the molecule is COC(=O)[C@@H](Cc1cc(Cl)ccc1Br)NC(=O)c1ccc(O)cc1. The van der Waals surface area contributed by atoms with E-state index in [4.69, 9.17) is 16.3 Å². The molecule has 2 aromatic rings. The molecule has 0 heterocycles. The second kappa shape index (κ2) is 8.17. The number of esters is 1. The van der Waals surface area contributed by atoms with Gasteiger partial charge in [0.25, 0.3) is 5.91 Å². The van der Waals surface area contributed by atoms with Gasteiger partial charge in [0.2, 0.25) is 0 Å². The van der Waals surface area contributed by atoms with Crippen LogP contribution in [0.4, 0.5) is 0 Å². The zero-order valence-corrected chi connectivity index (χ0v) is 15.1. The van der Waals surface area contributed by atoms with Crippen LogP contribution in [0.5, 0.6) is 5.75 Å². The second-order valence-electron chi connectivity index (χ2n) is 5.04. The minimum Gasteiger partial charge on any atom is -0.508 e. The zero-order valence-electron chi connectivity index (χ0n) is 12.8. The number of aromatic hydroxyl groups is 1. The summed E-state index contributed by atoms with van der Waals surface area (Å²) < 4.78 is 5.55. The van der Waals surface area contributed by atoms with E-state index < -0.39 is 17.9 Å². The number of carbonyl (C=O) groups is 2. The first kappa shape index (κ1) is 18.3. The highest BCUT2D eigenvalue weighted by atomic mass is 79.9. The van der Waals surface area contributed by atoms with Crippen molar-refractivity contribution < 1.29 is 19.4 Å². The highest BCUT2D eigenvalue weighted by Crippen LogP contribution is 2.23. The summed E-state index contributed by atoms with van der Waals surface area (Å²) in [4.78, 5) is 24.3. The van der Waals surface area contributed by atoms with Crippen LogP contribution in [0.1, 0.15) is 15.9 Å². The van der Waals surface area contributed by atoms with Crippen LogP contribution in [0.3, 0.4) is 0 Å². The highest BCUT2D eigenvalue weighted by Gasteiger charge is 2.23. The van der Waals surface area contributed by atoms with Gasteiger partial charge in [0.15, 0.2) is 0 Å². The Kier molecular flexibility index (Phi) is 6.23. The fourth-order valence-electron chi connectivity index (χ4n) is 2.11. The van der Waals surface area contributed by atoms with Gasteiger partial charge < -0.3 is 15.2 Å². The second-order valence-corrected chi connectivity index (χ2v) is 6.33. The number of methoxy groups -OCH3 is 1. The molecule has 0 unspecified atom stereocenters. The molecule has 0 spiro atoms. The molecule has 0 aromatic heterocycles. The van der Waals surface area contributed by atoms with E-state index in [1.807, 2.05) is 0 Å². The zero-order chi connectivity index (χ0) is 17.7. The number of carbonyl (C=O) groups excluding carboxylic acids is 2. The van der Waals surface area contributed by atoms with Gasteiger partial charge in [0, 0.05) is 21.5 Å². The average molecular weight is 413 g/mol. The first-order valence-corrected chi connectivity index (χ1v) is 8.19. The van der Waals surface area contributed by atoms with Gasteiger partial charge in [0.1, 0.15) is 11.8 Å². The third-order valence-corrected chi connectivity index (χ3v) is 4.36. The molecule has 24 heavy (non-hydrogen) atoms. The monoisotopic (exact) mass is 411 g/mol. The van der Waals surface area contributed by atoms with Gasteiger partial charge in [-0.1, -0.05) is 27.5 Å². The molecule has 0 saturated heterocycles. The third-order valence-electron chi connectivity index (χ3n) is 3.35. The number of amides is 1. The maximum atomic E-state index is 12.3. The fraction of sp³-hybridized carbons (Fsp3) is 0.176. The van der Waals surface area contributed by atoms with Gasteiger partial charge >= 0.3 is 5.97 Å². The molecule has 2 rings (SSSR count). The molecule has 1 atom stereocenters. The van der Waals surface area contributed by atoms with E-state index in [0.717, 1.165) is 10.0 Å². The van der Waals surface area contributed by atoms with E-state index >= 15 is 0 Å². The van der Waals surface area contributed by atoms with E-state index in [0.29, 0.717) is 10.6 Å². The summed E-state index contributed by atoms with van der Waals surface area (Å²) in [7, 11) is 1.26. The summed E-state index contributed by atoms with van der Waals surface area (Å²) in [6.07, 6.45) is 0.220. The molecule has 0 fully saturated rings. The molecule has 0 radical (unpaired) electrons. The number of nitrogens with one attached hydrogen (secondary N) is 1. The van der Waals surface area contributed by atoms with Crippen LogP contribution in [-0.4, -0.2) is 30.1 Å². The summed E-state index contributed by atoms with van der Waals surface area (Å²) in [5.41, 5.74) is 1.09. The van der Waals surface area contributed by atoms with Crippen molar-refractivity contribution in [1.29, 1.82) is 0 Å². The van der Waals surface area contributed by atoms with Crippen molar-refractivity contribution in [3.8, 4) is 5.75 Å². The van der Waals surface area contributed by atoms with Crippen LogP contribution in [0.2, 0.25) is 5.02 Å². The Hall–Kier alpha value is -2.05. The number of ether oxygens (including phenoxy) is 1. The average Bonchev–Trinajstić information content (AvgIpc) is 2.57. The number of hydrogen-bond acceptors (Lipinski definition) is 4. The first-order valence-electron chi connectivity index (χ1n) is 7.02. The van der Waals surface area contributed by atoms with E-state index in [-0.39, 0.29) is 12.2 Å². The lowest BCUT2D eigenvalue weighted by atomic mass is 10.1. The Morgan fingerprint density at radius 1 is 1.25 bits per heavy atom. The molecule has 7 heteroatoms. The summed E-state index contributed by atoms with van der Waals surface area (Å²) in [5.74, 6) is -0.948. The van der Waals surface area contributed by atoms with Crippen LogP contribution < -0.4 is 5.32 Å². The maximum Gasteiger partial charge on any atom is 0.328 e. The standard InChI is InChI=1S/C17H15BrClNO4/c1-24-17(23)15(9-11-8-12(19)4-7-14(11)18)20-16(22)10-2-5-13(21)6-3-10/h2-8,15,21H,9H2,1H3,(H,20,22)/t15-/m1/s1. The molecular formula is C17H15BrClNO4. The Labute approximate surface area is 152 Å². The number of benzene rings is 2. The van der Waals surface area contributed by atoms with Crippen LogP contribution in [0.25, 0.3) is 0 Å². The van der Waals surface area contributed by atoms with Crippen molar-refractivity contribution in [3.05, 3.63) is 63.1 Å². The smallest absolute Gasteiger partial charge is 0.328 e. The van der Waals surface area contributed by atoms with E-state index in [1.54, 1.807) is 18.2 Å². The molecule has 2 aromatic carbocycles. The van der Waals surface area contributed by atoms with E-state index in [2.05, 4.69) is 21.2 Å². The van der Waals surface area contributed by atoms with Crippen LogP contribution in [-0.2, 0) is 16.0 Å². The van der Waals surface area contributed by atoms with Crippen molar-refractivity contribution in [2.24, 2.45) is 0 Å². The molecule has 0 aliphatic rings. The molecule has 0 saturated carbocycles. The summed E-state index contributed by atoms with van der Waals surface area (Å²) in [5, 5.41) is 12.4. The number of phenolic OH excluding ortho intramolecular Hbond substituents is 1. The molecule has 1 amide bonds. The van der Waals surface area contributed by atoms with E-state index in [9.17, 15) is 14.7 Å². The van der Waals surface area contributed by atoms with Gasteiger partial charge in [-0.3, -0.25) is 4.79 Å². The lowest BCUT2D eigenvalue weighted by Crippen LogP contribution is -2.43. The van der Waals surface area contributed by atoms with Crippen molar-refractivity contribution in [2.75, 3.05) is 7.11 Å². The largest absolute Gasteiger partial charge is 0.508 e. The number of rotatable bonds is 5. The molecule has 2 N–H and O–H groups in total. The Morgan fingerprint density at radius 2 is 1.92 bits per heavy atom. The quantitative estimate of drug-likeness (QED) is 0.739. The number of halogens is 2. The Bertz CT molecular complexity index is 749. The van der Waals surface area contributed by atoms with Crippen LogP contribution >= 0.6 is 27.5 Å². The van der Waals surface area contributed by atoms with Gasteiger partial charge in [0.05, 0.1) is 7.11 Å². The number of phenols is 1. The van der Waals surface area contributed by atoms with Crippen LogP contribution in [0.15, 0.2) is 46.9 Å². The lowest BCUT2D eigenvalue weighted by Gasteiger charge is -2.17. The van der Waals surface area contributed by atoms with Gasteiger partial charge in [-0.05, 0) is 48.0 Å². The van der Waals surface area contributed by atoms with E-state index in [1.165, 1.54) is 31.4 Å². The predicted molar refractivity (Wildman–Crippen MR) is 94.2 cm³/mol. The molecule has 0 bridgehead atoms. The van der Waals surface area contributed by atoms with Gasteiger partial charge in [-0.2, -0.15) is 0 Å². The molecule has 0 aliphatic heterocycles. The maximum absolute atomic E-state index is 12.3. The highest BCUT2D eigenvalue weighted by molar-refractivity contribution is 9.10. The van der Waals surface area contributed by atoms with Crippen molar-refractivity contribution >= 4 is 39.4 Å². The minimum absolute atomic E-state index is 0.0546. The Balaban J connectivity index is 2.19. The molecular weight excluding hydrogens is 398 g/mol. The lowest BCUT2D eigenvalue weighted by molar-refractivity contribution is -0.142. The first-order chi connectivity index (χ1) is 11.4. The predicted octanol–water partition coefficient (Wildman–Crippen LogP) is 3.32. The summed E-state index contributed by atoms with van der Waals surface area (Å²) in [6.45, 7) is 0. The number of hydrogen-bond donors (Lipinski definition) is 2. The normalized spacial score (nSPS) is 11.6. The van der Waals surface area contributed by atoms with Gasteiger partial charge in [-0.15, -0.1) is 0 Å². The fourth-order valence-corrected chi connectivity index (χ4v) is 2.71. The molecule has 0 aliphatic carbocycles.